The Morgan fingerprint density at radius 3 is 2.64 bits per heavy atom. The van der Waals surface area contributed by atoms with Crippen LogP contribution in [-0.4, -0.2) is 38.2 Å². The number of amides is 1. The summed E-state index contributed by atoms with van der Waals surface area (Å²) in [7, 11) is 4.01. The molecule has 0 saturated heterocycles. The molecule has 3 rings (SSSR count). The first-order chi connectivity index (χ1) is 12.1. The number of rotatable bonds is 7. The maximum atomic E-state index is 12.2. The molecular weight excluding hydrogens is 316 g/mol. The molecule has 0 aliphatic carbocycles. The summed E-state index contributed by atoms with van der Waals surface area (Å²) >= 11 is 0. The van der Waals surface area contributed by atoms with Crippen molar-refractivity contribution in [2.24, 2.45) is 0 Å². The molecule has 1 aliphatic rings. The Morgan fingerprint density at radius 1 is 1.12 bits per heavy atom. The van der Waals surface area contributed by atoms with Crippen LogP contribution in [0.3, 0.4) is 0 Å². The van der Waals surface area contributed by atoms with E-state index in [2.05, 4.69) is 10.2 Å². The lowest BCUT2D eigenvalue weighted by atomic mass is 10.0. The molecule has 1 atom stereocenters. The van der Waals surface area contributed by atoms with Gasteiger partial charge in [-0.15, -0.1) is 0 Å². The molecule has 5 nitrogen and oxygen atoms in total. The SMILES string of the molecule is CN(C)[C@H](CNC(=O)CCc1ccccc1)c1ccc2c(c1)OCO2. The number of benzene rings is 2. The lowest BCUT2D eigenvalue weighted by molar-refractivity contribution is -0.121. The predicted octanol–water partition coefficient (Wildman–Crippen LogP) is 2.77. The van der Waals surface area contributed by atoms with E-state index in [0.717, 1.165) is 23.5 Å². The Bertz CT molecular complexity index is 716. The first-order valence-corrected chi connectivity index (χ1v) is 8.50. The minimum absolute atomic E-state index is 0.0662. The van der Waals surface area contributed by atoms with Gasteiger partial charge in [-0.2, -0.15) is 0 Å². The zero-order chi connectivity index (χ0) is 17.6. The largest absolute Gasteiger partial charge is 0.454 e. The van der Waals surface area contributed by atoms with Crippen LogP contribution in [-0.2, 0) is 11.2 Å². The van der Waals surface area contributed by atoms with Crippen molar-refractivity contribution in [2.45, 2.75) is 18.9 Å². The van der Waals surface area contributed by atoms with Gasteiger partial charge in [-0.05, 0) is 43.8 Å². The smallest absolute Gasteiger partial charge is 0.231 e. The first kappa shape index (κ1) is 17.3. The van der Waals surface area contributed by atoms with Gasteiger partial charge in [-0.1, -0.05) is 36.4 Å². The van der Waals surface area contributed by atoms with E-state index in [4.69, 9.17) is 9.47 Å². The van der Waals surface area contributed by atoms with Crippen LogP contribution in [0.2, 0.25) is 0 Å². The van der Waals surface area contributed by atoms with Gasteiger partial charge in [-0.3, -0.25) is 4.79 Å². The van der Waals surface area contributed by atoms with E-state index < -0.39 is 0 Å². The van der Waals surface area contributed by atoms with Crippen LogP contribution in [0.25, 0.3) is 0 Å². The zero-order valence-electron chi connectivity index (χ0n) is 14.7. The maximum absolute atomic E-state index is 12.2. The van der Waals surface area contributed by atoms with Gasteiger partial charge in [0.25, 0.3) is 0 Å². The highest BCUT2D eigenvalue weighted by molar-refractivity contribution is 5.76. The molecule has 0 fully saturated rings. The number of hydrogen-bond donors (Lipinski definition) is 1. The number of fused-ring (bicyclic) bond motifs is 1. The Morgan fingerprint density at radius 2 is 1.88 bits per heavy atom. The van der Waals surface area contributed by atoms with E-state index in [1.807, 2.05) is 62.6 Å². The quantitative estimate of drug-likeness (QED) is 0.842. The summed E-state index contributed by atoms with van der Waals surface area (Å²) in [6.07, 6.45) is 1.24. The fraction of sp³-hybridized carbons (Fsp3) is 0.350. The van der Waals surface area contributed by atoms with Crippen molar-refractivity contribution in [2.75, 3.05) is 27.4 Å². The molecule has 1 N–H and O–H groups in total. The number of aryl methyl sites for hydroxylation is 1. The predicted molar refractivity (Wildman–Crippen MR) is 96.8 cm³/mol. The van der Waals surface area contributed by atoms with Gasteiger partial charge in [-0.25, -0.2) is 0 Å². The lowest BCUT2D eigenvalue weighted by Crippen LogP contribution is -2.34. The van der Waals surface area contributed by atoms with Gasteiger partial charge < -0.3 is 19.7 Å². The molecule has 0 radical (unpaired) electrons. The van der Waals surface area contributed by atoms with Gasteiger partial charge in [0.2, 0.25) is 12.7 Å². The number of ether oxygens (including phenoxy) is 2. The average molecular weight is 340 g/mol. The number of hydrogen-bond acceptors (Lipinski definition) is 4. The van der Waals surface area contributed by atoms with E-state index in [1.54, 1.807) is 0 Å². The highest BCUT2D eigenvalue weighted by Crippen LogP contribution is 2.34. The lowest BCUT2D eigenvalue weighted by Gasteiger charge is -2.25. The highest BCUT2D eigenvalue weighted by atomic mass is 16.7. The molecule has 1 heterocycles. The summed E-state index contributed by atoms with van der Waals surface area (Å²) in [6, 6.07) is 16.1. The molecule has 0 spiro atoms. The second-order valence-electron chi connectivity index (χ2n) is 6.38. The van der Waals surface area contributed by atoms with Gasteiger partial charge in [0.15, 0.2) is 11.5 Å². The Balaban J connectivity index is 1.56. The van der Waals surface area contributed by atoms with Crippen molar-refractivity contribution in [1.29, 1.82) is 0 Å². The molecule has 5 heteroatoms. The average Bonchev–Trinajstić information content (AvgIpc) is 3.08. The molecule has 1 amide bonds. The summed E-state index contributed by atoms with van der Waals surface area (Å²) in [6.45, 7) is 0.821. The van der Waals surface area contributed by atoms with Crippen LogP contribution >= 0.6 is 0 Å². The molecule has 0 aromatic heterocycles. The van der Waals surface area contributed by atoms with Crippen molar-refractivity contribution < 1.29 is 14.3 Å². The van der Waals surface area contributed by atoms with Crippen LogP contribution in [0.5, 0.6) is 11.5 Å². The molecule has 2 aromatic carbocycles. The van der Waals surface area contributed by atoms with E-state index >= 15 is 0 Å². The van der Waals surface area contributed by atoms with Crippen LogP contribution < -0.4 is 14.8 Å². The van der Waals surface area contributed by atoms with E-state index in [9.17, 15) is 4.79 Å². The van der Waals surface area contributed by atoms with Gasteiger partial charge in [0.05, 0.1) is 6.04 Å². The van der Waals surface area contributed by atoms with Crippen LogP contribution in [0.1, 0.15) is 23.6 Å². The zero-order valence-corrected chi connectivity index (χ0v) is 14.7. The van der Waals surface area contributed by atoms with Crippen molar-refractivity contribution in [3.63, 3.8) is 0 Å². The molecule has 1 aliphatic heterocycles. The van der Waals surface area contributed by atoms with Crippen LogP contribution in [0.15, 0.2) is 48.5 Å². The van der Waals surface area contributed by atoms with E-state index in [0.29, 0.717) is 13.0 Å². The summed E-state index contributed by atoms with van der Waals surface area (Å²) in [5.74, 6) is 1.60. The Labute approximate surface area is 148 Å². The molecule has 25 heavy (non-hydrogen) atoms. The summed E-state index contributed by atoms with van der Waals surface area (Å²) < 4.78 is 10.8. The third-order valence-corrected chi connectivity index (χ3v) is 4.38. The Kier molecular flexibility index (Phi) is 5.56. The van der Waals surface area contributed by atoms with Crippen molar-refractivity contribution in [3.8, 4) is 11.5 Å². The van der Waals surface area contributed by atoms with Gasteiger partial charge in [0.1, 0.15) is 0 Å². The minimum Gasteiger partial charge on any atom is -0.454 e. The Hall–Kier alpha value is -2.53. The van der Waals surface area contributed by atoms with Crippen molar-refractivity contribution >= 4 is 5.91 Å². The summed E-state index contributed by atoms with van der Waals surface area (Å²) in [4.78, 5) is 14.3. The second kappa shape index (κ2) is 8.03. The normalized spacial score (nSPS) is 13.7. The molecule has 0 saturated carbocycles. The van der Waals surface area contributed by atoms with Gasteiger partial charge in [0, 0.05) is 13.0 Å². The number of carbonyl (C=O) groups is 1. The molecule has 2 aromatic rings. The summed E-state index contributed by atoms with van der Waals surface area (Å²) in [5, 5.41) is 3.05. The van der Waals surface area contributed by atoms with Crippen molar-refractivity contribution in [3.05, 3.63) is 59.7 Å². The third-order valence-electron chi connectivity index (χ3n) is 4.38. The standard InChI is InChI=1S/C20H24N2O3/c1-22(2)17(16-9-10-18-19(12-16)25-14-24-18)13-21-20(23)11-8-15-6-4-3-5-7-15/h3-7,9-10,12,17H,8,11,13-14H2,1-2H3,(H,21,23)/t17-/m1/s1. The fourth-order valence-corrected chi connectivity index (χ4v) is 2.92. The topological polar surface area (TPSA) is 50.8 Å². The highest BCUT2D eigenvalue weighted by Gasteiger charge is 2.20. The van der Waals surface area contributed by atoms with Gasteiger partial charge >= 0.3 is 0 Å². The second-order valence-corrected chi connectivity index (χ2v) is 6.38. The molecular formula is C20H24N2O3. The molecule has 0 bridgehead atoms. The van der Waals surface area contributed by atoms with E-state index in [1.165, 1.54) is 5.56 Å². The molecule has 0 unspecified atom stereocenters. The van der Waals surface area contributed by atoms with Crippen LogP contribution in [0.4, 0.5) is 0 Å². The first-order valence-electron chi connectivity index (χ1n) is 8.50. The van der Waals surface area contributed by atoms with Crippen molar-refractivity contribution in [1.82, 2.24) is 10.2 Å². The van der Waals surface area contributed by atoms with Crippen LogP contribution in [0, 0.1) is 0 Å². The number of nitrogens with one attached hydrogen (secondary N) is 1. The molecule has 132 valence electrons. The minimum atomic E-state index is 0.0662. The maximum Gasteiger partial charge on any atom is 0.231 e. The summed E-state index contributed by atoms with van der Waals surface area (Å²) in [5.41, 5.74) is 2.27. The third kappa shape index (κ3) is 4.51. The monoisotopic (exact) mass is 340 g/mol. The van der Waals surface area contributed by atoms with E-state index in [-0.39, 0.29) is 18.7 Å². The number of carbonyl (C=O) groups excluding carboxylic acids is 1. The number of nitrogens with zero attached hydrogens (tertiary/aromatic N) is 1. The number of likely N-dealkylation sites (N-methyl/N-ethyl adjacent to an activating group) is 1. The fourth-order valence-electron chi connectivity index (χ4n) is 2.92.